The van der Waals surface area contributed by atoms with Crippen LogP contribution in [0.5, 0.6) is 0 Å². The minimum Gasteiger partial charge on any atom is -0.481 e. The largest absolute Gasteiger partial charge is 0.481 e. The highest BCUT2D eigenvalue weighted by molar-refractivity contribution is 7.13. The normalized spacial score (nSPS) is 28.3. The van der Waals surface area contributed by atoms with Crippen molar-refractivity contribution in [2.45, 2.75) is 37.9 Å². The van der Waals surface area contributed by atoms with E-state index in [-0.39, 0.29) is 12.0 Å². The highest BCUT2D eigenvalue weighted by Gasteiger charge is 2.49. The fourth-order valence-corrected chi connectivity index (χ4v) is 4.23. The first-order chi connectivity index (χ1) is 10.2. The monoisotopic (exact) mass is 305 g/mol. The first kappa shape index (κ1) is 13.0. The second kappa shape index (κ2) is 4.92. The average molecular weight is 305 g/mol. The van der Waals surface area contributed by atoms with Gasteiger partial charge in [0.1, 0.15) is 0 Å². The first-order valence-corrected chi connectivity index (χ1v) is 7.95. The molecule has 21 heavy (non-hydrogen) atoms. The lowest BCUT2D eigenvalue weighted by molar-refractivity contribution is -0.142. The number of thiophene rings is 1. The maximum Gasteiger partial charge on any atom is 0.308 e. The van der Waals surface area contributed by atoms with Crippen LogP contribution in [0.25, 0.3) is 10.8 Å². The predicted octanol–water partition coefficient (Wildman–Crippen LogP) is 2.24. The minimum atomic E-state index is -0.683. The topological polar surface area (TPSA) is 79.5 Å². The van der Waals surface area contributed by atoms with Crippen LogP contribution in [0.2, 0.25) is 0 Å². The third kappa shape index (κ3) is 2.16. The first-order valence-electron chi connectivity index (χ1n) is 7.07. The Labute approximate surface area is 125 Å². The van der Waals surface area contributed by atoms with E-state index < -0.39 is 5.97 Å². The molecule has 2 aliphatic rings. The average Bonchev–Trinajstić information content (AvgIpc) is 3.22. The number of aliphatic carboxylic acids is 1. The molecule has 0 aliphatic carbocycles. The molecule has 2 aliphatic heterocycles. The molecule has 0 amide bonds. The zero-order valence-electron chi connectivity index (χ0n) is 11.3. The van der Waals surface area contributed by atoms with Gasteiger partial charge in [-0.15, -0.1) is 21.5 Å². The number of carboxylic acid groups (broad SMARTS) is 1. The molecule has 1 N–H and O–H groups in total. The Balaban J connectivity index is 1.51. The summed E-state index contributed by atoms with van der Waals surface area (Å²) >= 11 is 1.56. The molecular formula is C14H15N3O3S. The van der Waals surface area contributed by atoms with Crippen LogP contribution in [0.3, 0.4) is 0 Å². The van der Waals surface area contributed by atoms with Gasteiger partial charge in [-0.05, 0) is 30.7 Å². The van der Waals surface area contributed by atoms with E-state index in [1.54, 1.807) is 11.3 Å². The molecule has 3 atom stereocenters. The fraction of sp³-hybridized carbons (Fsp3) is 0.500. The molecule has 0 aromatic carbocycles. The van der Waals surface area contributed by atoms with E-state index in [4.69, 9.17) is 4.42 Å². The zero-order valence-corrected chi connectivity index (χ0v) is 12.1. The van der Waals surface area contributed by atoms with Gasteiger partial charge in [0.15, 0.2) is 0 Å². The van der Waals surface area contributed by atoms with Crippen LogP contribution >= 0.6 is 11.3 Å². The van der Waals surface area contributed by atoms with Crippen molar-refractivity contribution < 1.29 is 14.3 Å². The van der Waals surface area contributed by atoms with Crippen molar-refractivity contribution in [3.8, 4) is 10.8 Å². The van der Waals surface area contributed by atoms with Crippen LogP contribution in [0, 0.1) is 5.92 Å². The standard InChI is InChI=1S/C14H15N3O3S/c18-14(19)9-6-8-3-4-10(9)17(8)7-12-15-16-13(20-12)11-2-1-5-21-11/h1-2,5,8-10H,3-4,6-7H2,(H,18,19). The summed E-state index contributed by atoms with van der Waals surface area (Å²) in [5.74, 6) is 0.183. The van der Waals surface area contributed by atoms with Crippen molar-refractivity contribution in [3.05, 3.63) is 23.4 Å². The van der Waals surface area contributed by atoms with Gasteiger partial charge in [0.25, 0.3) is 5.89 Å². The molecule has 2 aromatic heterocycles. The third-order valence-electron chi connectivity index (χ3n) is 4.51. The minimum absolute atomic E-state index is 0.115. The molecule has 0 saturated carbocycles. The number of rotatable bonds is 4. The molecule has 2 aromatic rings. The van der Waals surface area contributed by atoms with Crippen LogP contribution in [0.1, 0.15) is 25.2 Å². The molecule has 2 bridgehead atoms. The number of fused-ring (bicyclic) bond motifs is 2. The van der Waals surface area contributed by atoms with Crippen molar-refractivity contribution in [1.82, 2.24) is 15.1 Å². The van der Waals surface area contributed by atoms with E-state index >= 15 is 0 Å². The van der Waals surface area contributed by atoms with E-state index in [0.29, 0.717) is 24.4 Å². The molecule has 0 radical (unpaired) electrons. The Hall–Kier alpha value is -1.73. The molecule has 110 valence electrons. The molecule has 2 fully saturated rings. The molecule has 4 heterocycles. The highest BCUT2D eigenvalue weighted by atomic mass is 32.1. The van der Waals surface area contributed by atoms with Gasteiger partial charge in [0.2, 0.25) is 5.89 Å². The molecule has 2 saturated heterocycles. The van der Waals surface area contributed by atoms with Crippen molar-refractivity contribution in [2.24, 2.45) is 5.92 Å². The zero-order chi connectivity index (χ0) is 14.4. The Bertz CT molecular complexity index is 654. The van der Waals surface area contributed by atoms with Crippen molar-refractivity contribution in [3.63, 3.8) is 0 Å². The summed E-state index contributed by atoms with van der Waals surface area (Å²) in [7, 11) is 0. The Kier molecular flexibility index (Phi) is 3.04. The van der Waals surface area contributed by atoms with E-state index in [1.807, 2.05) is 17.5 Å². The summed E-state index contributed by atoms with van der Waals surface area (Å²) in [6.45, 7) is 0.553. The second-order valence-corrected chi connectivity index (χ2v) is 6.58. The number of aromatic nitrogens is 2. The van der Waals surface area contributed by atoms with E-state index in [2.05, 4.69) is 15.1 Å². The maximum atomic E-state index is 11.3. The lowest BCUT2D eigenvalue weighted by atomic mass is 9.89. The van der Waals surface area contributed by atoms with Gasteiger partial charge < -0.3 is 9.52 Å². The quantitative estimate of drug-likeness (QED) is 0.933. The molecular weight excluding hydrogens is 290 g/mol. The summed E-state index contributed by atoms with van der Waals surface area (Å²) in [6.07, 6.45) is 2.76. The number of carbonyl (C=O) groups is 1. The van der Waals surface area contributed by atoms with Gasteiger partial charge in [-0.25, -0.2) is 0 Å². The molecule has 4 rings (SSSR count). The Morgan fingerprint density at radius 3 is 3.10 bits per heavy atom. The summed E-state index contributed by atoms with van der Waals surface area (Å²) in [5.41, 5.74) is 0. The van der Waals surface area contributed by atoms with Crippen LogP contribution in [-0.4, -0.2) is 38.3 Å². The van der Waals surface area contributed by atoms with Crippen LogP contribution in [0.15, 0.2) is 21.9 Å². The van der Waals surface area contributed by atoms with Crippen LogP contribution in [0.4, 0.5) is 0 Å². The molecule has 7 heteroatoms. The van der Waals surface area contributed by atoms with E-state index in [9.17, 15) is 9.90 Å². The van der Waals surface area contributed by atoms with Crippen LogP contribution in [-0.2, 0) is 11.3 Å². The van der Waals surface area contributed by atoms with Gasteiger partial charge in [0.05, 0.1) is 17.3 Å². The van der Waals surface area contributed by atoms with Crippen molar-refractivity contribution in [1.29, 1.82) is 0 Å². The van der Waals surface area contributed by atoms with Gasteiger partial charge in [-0.1, -0.05) is 6.07 Å². The molecule has 0 spiro atoms. The molecule has 3 unspecified atom stereocenters. The summed E-state index contributed by atoms with van der Waals surface area (Å²) < 4.78 is 5.71. The van der Waals surface area contributed by atoms with Gasteiger partial charge in [-0.3, -0.25) is 9.69 Å². The summed E-state index contributed by atoms with van der Waals surface area (Å²) in [6, 6.07) is 4.35. The smallest absolute Gasteiger partial charge is 0.308 e. The number of hydrogen-bond donors (Lipinski definition) is 1. The number of nitrogens with zero attached hydrogens (tertiary/aromatic N) is 3. The Morgan fingerprint density at radius 2 is 2.38 bits per heavy atom. The number of carboxylic acids is 1. The summed E-state index contributed by atoms with van der Waals surface area (Å²) in [4.78, 5) is 14.5. The third-order valence-corrected chi connectivity index (χ3v) is 5.37. The highest BCUT2D eigenvalue weighted by Crippen LogP contribution is 2.42. The predicted molar refractivity (Wildman–Crippen MR) is 75.7 cm³/mol. The van der Waals surface area contributed by atoms with E-state index in [0.717, 1.165) is 24.1 Å². The van der Waals surface area contributed by atoms with Gasteiger partial charge in [0, 0.05) is 12.1 Å². The van der Waals surface area contributed by atoms with Gasteiger partial charge >= 0.3 is 5.97 Å². The summed E-state index contributed by atoms with van der Waals surface area (Å²) in [5, 5.41) is 19.4. The van der Waals surface area contributed by atoms with Crippen LogP contribution < -0.4 is 0 Å². The maximum absolute atomic E-state index is 11.3. The lowest BCUT2D eigenvalue weighted by Gasteiger charge is -2.20. The van der Waals surface area contributed by atoms with Gasteiger partial charge in [-0.2, -0.15) is 0 Å². The number of hydrogen-bond acceptors (Lipinski definition) is 6. The fourth-order valence-electron chi connectivity index (χ4n) is 3.59. The Morgan fingerprint density at radius 1 is 1.48 bits per heavy atom. The second-order valence-electron chi connectivity index (χ2n) is 5.63. The SMILES string of the molecule is O=C(O)C1CC2CCC1N2Cc1nnc(-c2cccs2)o1. The van der Waals surface area contributed by atoms with Crippen molar-refractivity contribution in [2.75, 3.05) is 0 Å². The van der Waals surface area contributed by atoms with E-state index in [1.165, 1.54) is 0 Å². The van der Waals surface area contributed by atoms with Crippen molar-refractivity contribution >= 4 is 17.3 Å². The molecule has 6 nitrogen and oxygen atoms in total. The lowest BCUT2D eigenvalue weighted by Crippen LogP contribution is -2.32.